The van der Waals surface area contributed by atoms with Gasteiger partial charge in [-0.15, -0.1) is 0 Å². The number of aliphatic carboxylic acids is 1. The van der Waals surface area contributed by atoms with E-state index in [4.69, 9.17) is 9.84 Å². The number of ether oxygens (including phenoxy) is 1. The lowest BCUT2D eigenvalue weighted by Crippen LogP contribution is -2.09. The molecule has 1 heterocycles. The van der Waals surface area contributed by atoms with Gasteiger partial charge in [-0.3, -0.25) is 4.79 Å². The van der Waals surface area contributed by atoms with Gasteiger partial charge < -0.3 is 14.4 Å². The molecule has 2 aromatic carbocycles. The summed E-state index contributed by atoms with van der Waals surface area (Å²) in [6, 6.07) is 14.8. The molecule has 1 aliphatic rings. The first-order chi connectivity index (χ1) is 14.1. The largest absolute Gasteiger partial charge is 0.493 e. The van der Waals surface area contributed by atoms with Gasteiger partial charge in [0.2, 0.25) is 0 Å². The van der Waals surface area contributed by atoms with Gasteiger partial charge in [0.15, 0.2) is 0 Å². The molecular formula is C25H29NO3. The smallest absolute Gasteiger partial charge is 0.303 e. The van der Waals surface area contributed by atoms with Crippen molar-refractivity contribution in [1.29, 1.82) is 0 Å². The zero-order chi connectivity index (χ0) is 20.2. The lowest BCUT2D eigenvalue weighted by molar-refractivity contribution is -0.136. The van der Waals surface area contributed by atoms with E-state index in [0.29, 0.717) is 12.3 Å². The van der Waals surface area contributed by atoms with Crippen molar-refractivity contribution in [3.63, 3.8) is 0 Å². The third kappa shape index (κ3) is 4.47. The fourth-order valence-electron chi connectivity index (χ4n) is 4.36. The second-order valence-corrected chi connectivity index (χ2v) is 8.06. The van der Waals surface area contributed by atoms with Gasteiger partial charge in [-0.1, -0.05) is 25.0 Å². The predicted molar refractivity (Wildman–Crippen MR) is 116 cm³/mol. The van der Waals surface area contributed by atoms with Crippen LogP contribution in [-0.4, -0.2) is 22.2 Å². The topological polar surface area (TPSA) is 51.5 Å². The third-order valence-electron chi connectivity index (χ3n) is 6.04. The molecule has 0 saturated heterocycles. The standard InChI is InChI=1S/C25H29NO3/c1-2-26-14-13-21-16-20(9-10-23(21)26)22-15-18(8-12-25(27)28)7-11-24(22)29-17-19-5-3-4-6-19/h7,9-11,13-16,19H,2-6,8,12,17H2,1H3,(H,27,28). The SMILES string of the molecule is CCn1ccc2cc(-c3cc(CCC(=O)O)ccc3OCC3CCCC3)ccc21. The van der Waals surface area contributed by atoms with E-state index >= 15 is 0 Å². The minimum absolute atomic E-state index is 0.139. The molecule has 0 radical (unpaired) electrons. The molecule has 152 valence electrons. The van der Waals surface area contributed by atoms with Gasteiger partial charge in [-0.2, -0.15) is 0 Å². The van der Waals surface area contributed by atoms with E-state index in [1.807, 2.05) is 12.1 Å². The molecule has 4 nitrogen and oxygen atoms in total. The molecule has 1 fully saturated rings. The van der Waals surface area contributed by atoms with E-state index in [2.05, 4.69) is 48.0 Å². The van der Waals surface area contributed by atoms with E-state index < -0.39 is 5.97 Å². The summed E-state index contributed by atoms with van der Waals surface area (Å²) in [5.41, 5.74) is 4.43. The summed E-state index contributed by atoms with van der Waals surface area (Å²) in [6.07, 6.45) is 7.90. The van der Waals surface area contributed by atoms with Crippen LogP contribution < -0.4 is 4.74 Å². The van der Waals surface area contributed by atoms with Gasteiger partial charge in [0, 0.05) is 35.6 Å². The van der Waals surface area contributed by atoms with Crippen LogP contribution in [-0.2, 0) is 17.8 Å². The number of aryl methyl sites for hydroxylation is 2. The number of fused-ring (bicyclic) bond motifs is 1. The number of carboxylic acids is 1. The van der Waals surface area contributed by atoms with E-state index in [-0.39, 0.29) is 6.42 Å². The van der Waals surface area contributed by atoms with Crippen LogP contribution in [0.25, 0.3) is 22.0 Å². The summed E-state index contributed by atoms with van der Waals surface area (Å²) < 4.78 is 8.51. The van der Waals surface area contributed by atoms with Crippen molar-refractivity contribution in [2.45, 2.75) is 52.0 Å². The van der Waals surface area contributed by atoms with Crippen LogP contribution in [0.5, 0.6) is 5.75 Å². The maximum absolute atomic E-state index is 11.0. The van der Waals surface area contributed by atoms with Gasteiger partial charge in [-0.05, 0) is 73.6 Å². The summed E-state index contributed by atoms with van der Waals surface area (Å²) in [4.78, 5) is 11.0. The Balaban J connectivity index is 1.66. The number of hydrogen-bond acceptors (Lipinski definition) is 2. The van der Waals surface area contributed by atoms with Crippen molar-refractivity contribution in [3.8, 4) is 16.9 Å². The van der Waals surface area contributed by atoms with Crippen LogP contribution in [0.15, 0.2) is 48.7 Å². The Morgan fingerprint density at radius 3 is 2.72 bits per heavy atom. The average Bonchev–Trinajstić information content (AvgIpc) is 3.40. The minimum Gasteiger partial charge on any atom is -0.493 e. The summed E-state index contributed by atoms with van der Waals surface area (Å²) >= 11 is 0. The highest BCUT2D eigenvalue weighted by Gasteiger charge is 2.17. The first kappa shape index (κ1) is 19.6. The van der Waals surface area contributed by atoms with Gasteiger partial charge in [0.25, 0.3) is 0 Å². The Hall–Kier alpha value is -2.75. The van der Waals surface area contributed by atoms with Gasteiger partial charge in [-0.25, -0.2) is 0 Å². The highest BCUT2D eigenvalue weighted by atomic mass is 16.5. The minimum atomic E-state index is -0.768. The second-order valence-electron chi connectivity index (χ2n) is 8.06. The Morgan fingerprint density at radius 1 is 1.14 bits per heavy atom. The van der Waals surface area contributed by atoms with Gasteiger partial charge in [0.05, 0.1) is 6.61 Å². The average molecular weight is 392 g/mol. The van der Waals surface area contributed by atoms with E-state index in [1.54, 1.807) is 0 Å². The molecule has 1 N–H and O–H groups in total. The molecule has 0 spiro atoms. The molecule has 4 rings (SSSR count). The molecule has 4 heteroatoms. The molecule has 29 heavy (non-hydrogen) atoms. The number of rotatable bonds is 8. The normalized spacial score (nSPS) is 14.5. The molecule has 0 unspecified atom stereocenters. The van der Waals surface area contributed by atoms with E-state index in [1.165, 1.54) is 36.6 Å². The summed E-state index contributed by atoms with van der Waals surface area (Å²) in [6.45, 7) is 3.85. The second kappa shape index (κ2) is 8.73. The highest BCUT2D eigenvalue weighted by molar-refractivity contribution is 5.87. The first-order valence-corrected chi connectivity index (χ1v) is 10.7. The molecular weight excluding hydrogens is 362 g/mol. The lowest BCUT2D eigenvalue weighted by Gasteiger charge is -2.16. The summed E-state index contributed by atoms with van der Waals surface area (Å²) in [5, 5.41) is 10.2. The van der Waals surface area contributed by atoms with Crippen LogP contribution in [0.2, 0.25) is 0 Å². The Morgan fingerprint density at radius 2 is 1.97 bits per heavy atom. The highest BCUT2D eigenvalue weighted by Crippen LogP contribution is 2.35. The Labute approximate surface area is 172 Å². The molecule has 0 amide bonds. The predicted octanol–water partition coefficient (Wildman–Crippen LogP) is 5.91. The van der Waals surface area contributed by atoms with Crippen LogP contribution in [0.3, 0.4) is 0 Å². The maximum atomic E-state index is 11.0. The number of benzene rings is 2. The molecule has 0 aliphatic heterocycles. The number of aromatic nitrogens is 1. The Bertz CT molecular complexity index is 998. The quantitative estimate of drug-likeness (QED) is 0.519. The van der Waals surface area contributed by atoms with Crippen LogP contribution >= 0.6 is 0 Å². The van der Waals surface area contributed by atoms with E-state index in [9.17, 15) is 4.79 Å². The van der Waals surface area contributed by atoms with E-state index in [0.717, 1.165) is 35.6 Å². The zero-order valence-corrected chi connectivity index (χ0v) is 17.1. The summed E-state index contributed by atoms with van der Waals surface area (Å²) in [5.74, 6) is 0.774. The van der Waals surface area contributed by atoms with Gasteiger partial charge in [0.1, 0.15) is 5.75 Å². The number of carbonyl (C=O) groups is 1. The zero-order valence-electron chi connectivity index (χ0n) is 17.1. The van der Waals surface area contributed by atoms with Crippen molar-refractivity contribution in [2.24, 2.45) is 5.92 Å². The monoisotopic (exact) mass is 391 g/mol. The van der Waals surface area contributed by atoms with Crippen molar-refractivity contribution in [1.82, 2.24) is 4.57 Å². The van der Waals surface area contributed by atoms with Crippen molar-refractivity contribution in [2.75, 3.05) is 6.61 Å². The number of carboxylic acid groups (broad SMARTS) is 1. The fourth-order valence-corrected chi connectivity index (χ4v) is 4.36. The molecule has 3 aromatic rings. The summed E-state index contributed by atoms with van der Waals surface area (Å²) in [7, 11) is 0. The molecule has 0 atom stereocenters. The molecule has 0 bridgehead atoms. The molecule has 1 aromatic heterocycles. The van der Waals surface area contributed by atoms with Crippen molar-refractivity contribution >= 4 is 16.9 Å². The van der Waals surface area contributed by atoms with Crippen LogP contribution in [0.4, 0.5) is 0 Å². The number of nitrogens with zero attached hydrogens (tertiary/aromatic N) is 1. The lowest BCUT2D eigenvalue weighted by atomic mass is 9.98. The fraction of sp³-hybridized carbons (Fsp3) is 0.400. The third-order valence-corrected chi connectivity index (χ3v) is 6.04. The van der Waals surface area contributed by atoms with Gasteiger partial charge >= 0.3 is 5.97 Å². The van der Waals surface area contributed by atoms with Crippen molar-refractivity contribution < 1.29 is 14.6 Å². The number of hydrogen-bond donors (Lipinski definition) is 1. The van der Waals surface area contributed by atoms with Crippen LogP contribution in [0, 0.1) is 5.92 Å². The first-order valence-electron chi connectivity index (χ1n) is 10.7. The molecule has 1 saturated carbocycles. The maximum Gasteiger partial charge on any atom is 0.303 e. The molecule has 1 aliphatic carbocycles. The van der Waals surface area contributed by atoms with Crippen LogP contribution in [0.1, 0.15) is 44.6 Å². The Kier molecular flexibility index (Phi) is 5.89. The van der Waals surface area contributed by atoms with Crippen molar-refractivity contribution in [3.05, 3.63) is 54.2 Å².